The molecule has 662 valence electrons. The molecule has 0 bridgehead atoms. The minimum atomic E-state index is -3.87. The molecule has 0 fully saturated rings. The number of nitrogens with one attached hydrogen (secondary N) is 12. The Balaban J connectivity index is 0.000000113. The summed E-state index contributed by atoms with van der Waals surface area (Å²) in [5.41, 5.74) is 34.1. The predicted molar refractivity (Wildman–Crippen MR) is 515 cm³/mol. The second-order valence-corrected chi connectivity index (χ2v) is 37.4. The summed E-state index contributed by atoms with van der Waals surface area (Å²) in [5, 5.41) is 18.2. The van der Waals surface area contributed by atoms with Crippen molar-refractivity contribution in [3.63, 3.8) is 0 Å². The van der Waals surface area contributed by atoms with Crippen LogP contribution in [-0.2, 0) is 27.5 Å². The highest BCUT2D eigenvalue weighted by Gasteiger charge is 2.32. The van der Waals surface area contributed by atoms with Gasteiger partial charge < -0.3 is 68.4 Å². The molecule has 21 nitrogen and oxygen atoms in total. The third kappa shape index (κ3) is 15.7. The topological polar surface area (TPSA) is 346 Å². The Labute approximate surface area is 751 Å². The molecule has 1 unspecified atom stereocenters. The molecule has 1 aliphatic carbocycles. The normalized spacial score (nSPS) is 12.6. The number of hydrogen-bond acceptors (Lipinski definition) is 8. The Morgan fingerprint density at radius 2 is 0.779 bits per heavy atom. The van der Waals surface area contributed by atoms with E-state index in [1.165, 1.54) is 35.9 Å². The summed E-state index contributed by atoms with van der Waals surface area (Å²) < 4.78 is 115. The van der Waals surface area contributed by atoms with Gasteiger partial charge in [-0.1, -0.05) is 138 Å². The minimum absolute atomic E-state index is 0.0291. The van der Waals surface area contributed by atoms with Crippen molar-refractivity contribution < 1.29 is 43.8 Å². The molecule has 14 N–H and O–H groups in total. The molecule has 1 aliphatic rings. The standard InChI is InChI=1S/C27H23FN4O2.C27H23FN4O.C26H25FN2O2S.C24H23FN4O2S/c1-13(2)25-26(14(3)30-27(25)19-9-15(28)10-21-16(19)7-8-29-21)17-5-4-6-20-18(17)11-22(31-20)23-12-24(33)32-34-23;1-14(2)25-26(15(3)31-27(25)20-11-16(28)12-22-17(20)7-9-29-22)18-5-4-6-21-19(18)13-23(32-21)24-8-10-30-33-24;1-14(2)24-25(20-6-4-5-17-9-16(10-21(17)20)13-32(30)31)15(3)29-26(24)22-11-18(27)12-23-19(22)7-8-28-23;1-12(2)22-23(16-5-4-6-19-17(16)11-21(29-19)32(26,30)31)13(3)28-24(22)18-9-14(25)10-20-15(18)7-8-27-20/h4-13,29-31H,1-3H3,(H,32,33);4-14,29,31-32H,1-3H3;4-8,10-12,14,28-29H,9,13H2,1-3H3,(H,30,31);4-12,27-29H,1-3H3,(H2,26,30,31)/p-1. The number of nitrogens with two attached hydrogens (primary N) is 1. The summed E-state index contributed by atoms with van der Waals surface area (Å²) in [5.74, 6) is 0.791. The van der Waals surface area contributed by atoms with E-state index in [2.05, 4.69) is 177 Å². The number of aromatic amines is 12. The molecule has 131 heavy (non-hydrogen) atoms. The first-order chi connectivity index (χ1) is 62.9. The molecule has 0 saturated carbocycles. The highest BCUT2D eigenvalue weighted by atomic mass is 32.2. The maximum atomic E-state index is 14.5. The number of fused-ring (bicyclic) bond motifs is 8. The van der Waals surface area contributed by atoms with E-state index >= 15 is 0 Å². The predicted octanol–water partition coefficient (Wildman–Crippen LogP) is 26.1. The molecule has 8 aromatic carbocycles. The summed E-state index contributed by atoms with van der Waals surface area (Å²) in [4.78, 5) is 47.9. The van der Waals surface area contributed by atoms with Crippen LogP contribution < -0.4 is 10.7 Å². The number of aromatic nitrogens is 13. The number of rotatable bonds is 17. The van der Waals surface area contributed by atoms with Crippen molar-refractivity contribution in [1.82, 2.24) is 65.1 Å². The fourth-order valence-corrected chi connectivity index (χ4v) is 20.7. The number of H-pyrrole nitrogens is 12. The van der Waals surface area contributed by atoms with Gasteiger partial charge in [0.05, 0.1) is 46.4 Å². The number of primary sulfonamides is 1. The van der Waals surface area contributed by atoms with Crippen LogP contribution in [0.4, 0.5) is 17.6 Å². The Morgan fingerprint density at radius 3 is 1.13 bits per heavy atom. The average Bonchev–Trinajstić information content (AvgIpc) is 1.61. The summed E-state index contributed by atoms with van der Waals surface area (Å²) in [7, 11) is -3.87. The fourth-order valence-electron chi connectivity index (χ4n) is 19.7. The molecule has 0 radical (unpaired) electrons. The summed E-state index contributed by atoms with van der Waals surface area (Å²) >= 11 is -2.11. The van der Waals surface area contributed by atoms with Crippen LogP contribution in [0.3, 0.4) is 0 Å². The van der Waals surface area contributed by atoms with E-state index in [-0.39, 0.29) is 63.3 Å². The fraction of sp³-hybridized carbons (Fsp3) is 0.173. The lowest BCUT2D eigenvalue weighted by Crippen LogP contribution is -2.12. The zero-order valence-electron chi connectivity index (χ0n) is 73.6. The molecule has 27 heteroatoms. The van der Waals surface area contributed by atoms with Crippen LogP contribution in [0.1, 0.15) is 135 Å². The molecular formula is C104H93F4N14O7S2-. The summed E-state index contributed by atoms with van der Waals surface area (Å²) in [6.07, 6.45) is 11.6. The highest BCUT2D eigenvalue weighted by Crippen LogP contribution is 2.51. The molecular weight excluding hydrogens is 1700 g/mol. The molecule has 0 aliphatic heterocycles. The first-order valence-corrected chi connectivity index (χ1v) is 46.0. The number of halogens is 4. The van der Waals surface area contributed by atoms with Gasteiger partial charge in [-0.3, -0.25) is 9.00 Å². The van der Waals surface area contributed by atoms with Crippen LogP contribution in [0.2, 0.25) is 0 Å². The zero-order valence-corrected chi connectivity index (χ0v) is 75.3. The Morgan fingerprint density at radius 1 is 0.420 bits per heavy atom. The third-order valence-electron chi connectivity index (χ3n) is 24.9. The van der Waals surface area contributed by atoms with E-state index < -0.39 is 21.1 Å². The number of benzene rings is 8. The summed E-state index contributed by atoms with van der Waals surface area (Å²) in [6.45, 7) is 25.3. The van der Waals surface area contributed by atoms with Gasteiger partial charge in [0.15, 0.2) is 11.5 Å². The van der Waals surface area contributed by atoms with Crippen molar-refractivity contribution >= 4 is 104 Å². The van der Waals surface area contributed by atoms with Gasteiger partial charge in [0, 0.05) is 180 Å². The Hall–Kier alpha value is -14.6. The molecule has 0 saturated heterocycles. The van der Waals surface area contributed by atoms with E-state index in [0.717, 1.165) is 228 Å². The lowest BCUT2D eigenvalue weighted by atomic mass is 9.88. The van der Waals surface area contributed by atoms with Gasteiger partial charge in [0.25, 0.3) is 15.6 Å². The van der Waals surface area contributed by atoms with Crippen molar-refractivity contribution in [2.75, 3.05) is 5.75 Å². The zero-order chi connectivity index (χ0) is 91.6. The first kappa shape index (κ1) is 85.8. The smallest absolute Gasteiger partial charge is 0.280 e. The van der Waals surface area contributed by atoms with Gasteiger partial charge in [0.1, 0.15) is 28.3 Å². The van der Waals surface area contributed by atoms with E-state index in [4.69, 9.17) is 14.2 Å². The lowest BCUT2D eigenvalue weighted by molar-refractivity contribution is 0.425. The second kappa shape index (κ2) is 33.8. The molecule has 0 amide bonds. The molecule has 0 spiro atoms. The van der Waals surface area contributed by atoms with Crippen LogP contribution in [0.5, 0.6) is 0 Å². The van der Waals surface area contributed by atoms with E-state index in [1.54, 1.807) is 42.7 Å². The van der Waals surface area contributed by atoms with Crippen molar-refractivity contribution in [1.29, 1.82) is 0 Å². The van der Waals surface area contributed by atoms with Crippen LogP contribution in [0, 0.1) is 51.0 Å². The van der Waals surface area contributed by atoms with Crippen LogP contribution >= 0.6 is 0 Å². The van der Waals surface area contributed by atoms with Gasteiger partial charge in [-0.25, -0.2) is 31.1 Å². The number of aryl methyl sites for hydroxylation is 4. The van der Waals surface area contributed by atoms with Crippen molar-refractivity contribution in [2.45, 2.75) is 118 Å². The molecule has 1 atom stereocenters. The third-order valence-corrected chi connectivity index (χ3v) is 26.4. The Kier molecular flexibility index (Phi) is 22.1. The lowest BCUT2D eigenvalue weighted by Gasteiger charge is -2.15. The van der Waals surface area contributed by atoms with Crippen LogP contribution in [0.25, 0.3) is 195 Å². The van der Waals surface area contributed by atoms with Crippen LogP contribution in [0.15, 0.2) is 231 Å². The quantitative estimate of drug-likeness (QED) is 0.0306. The van der Waals surface area contributed by atoms with E-state index in [0.29, 0.717) is 23.5 Å². The van der Waals surface area contributed by atoms with Gasteiger partial charge >= 0.3 is 0 Å². The molecule has 21 aromatic rings. The average molecular weight is 1790 g/mol. The number of nitrogens with zero attached hydrogens (tertiary/aromatic N) is 1. The van der Waals surface area contributed by atoms with Gasteiger partial charge in [-0.15, -0.1) is 0 Å². The minimum Gasteiger partial charge on any atom is -0.772 e. The van der Waals surface area contributed by atoms with Gasteiger partial charge in [-0.2, -0.15) is 5.16 Å². The molecule has 22 rings (SSSR count). The summed E-state index contributed by atoms with van der Waals surface area (Å²) in [6, 6.07) is 53.5. The van der Waals surface area contributed by atoms with Gasteiger partial charge in [-0.05, 0) is 223 Å². The number of sulfonamides is 1. The SMILES string of the molecule is Cc1[nH]c(-c2cc(F)cc3[nH]ccc23)c(C(C)C)c1-c1cccc2[nH]c(-c3cc(=O)[nH]o3)cc12.Cc1[nH]c(-c2cc(F)cc3[nH]ccc23)c(C(C)C)c1-c1cccc2[nH]c(-c3ccno3)cc12.Cc1[nH]c(-c2cc(F)cc3[nH]ccc23)c(C(C)C)c1-c1cccc2[nH]c(S(N)(=O)=O)cc12.Cc1[nH]c(-c2cc(F)cc3[nH]ccc23)c(C(C)C)c1-c1cccc2c1C=C(CS(=O)[O-])C2. The Bertz CT molecular complexity index is 8300. The van der Waals surface area contributed by atoms with Crippen molar-refractivity contribution in [2.24, 2.45) is 5.14 Å². The molecule has 13 heterocycles. The van der Waals surface area contributed by atoms with Crippen LogP contribution in [-0.4, -0.2) is 88.1 Å². The molecule has 13 aromatic heterocycles. The van der Waals surface area contributed by atoms with Crippen molar-refractivity contribution in [3.05, 3.63) is 302 Å². The second-order valence-electron chi connectivity index (χ2n) is 34.9. The maximum absolute atomic E-state index is 14.5. The van der Waals surface area contributed by atoms with E-state index in [9.17, 15) is 39.5 Å². The highest BCUT2D eigenvalue weighted by molar-refractivity contribution is 7.89. The number of hydrogen-bond donors (Lipinski definition) is 13. The monoisotopic (exact) mass is 1790 g/mol. The maximum Gasteiger partial charge on any atom is 0.280 e. The van der Waals surface area contributed by atoms with Crippen molar-refractivity contribution in [3.8, 4) is 112 Å². The largest absolute Gasteiger partial charge is 0.772 e. The first-order valence-electron chi connectivity index (χ1n) is 43.2. The van der Waals surface area contributed by atoms with Gasteiger partial charge in [0.2, 0.25) is 0 Å². The van der Waals surface area contributed by atoms with E-state index in [1.807, 2.05) is 111 Å².